The highest BCUT2D eigenvalue weighted by molar-refractivity contribution is 5.94. The molecule has 6 nitrogen and oxygen atoms in total. The van der Waals surface area contributed by atoms with Crippen LogP contribution in [0.4, 0.5) is 17.2 Å². The molecule has 4 aliphatic rings. The van der Waals surface area contributed by atoms with Gasteiger partial charge in [0.05, 0.1) is 17.4 Å². The van der Waals surface area contributed by atoms with E-state index in [9.17, 15) is 0 Å². The van der Waals surface area contributed by atoms with Gasteiger partial charge in [-0.15, -0.1) is 0 Å². The molecule has 2 aliphatic carbocycles. The SMILES string of the molecule is CC(C)(C)c1ccnc(N2c3ccccc3C(C)(C)c3ccc(Oc4ccnc(C5=N[C@@H]6C7C=CC=CC7C[C@@H]6O5)c4)cc32)c1. The Hall–Kier alpha value is -4.71. The Morgan fingerprint density at radius 1 is 0.844 bits per heavy atom. The zero-order valence-corrected chi connectivity index (χ0v) is 26.4. The normalized spacial score (nSPS) is 23.8. The summed E-state index contributed by atoms with van der Waals surface area (Å²) in [4.78, 5) is 16.8. The second-order valence-corrected chi connectivity index (χ2v) is 14.1. The van der Waals surface area contributed by atoms with Gasteiger partial charge in [0.25, 0.3) is 0 Å². The molecule has 0 saturated heterocycles. The summed E-state index contributed by atoms with van der Waals surface area (Å²) in [6, 6.07) is 23.3. The van der Waals surface area contributed by atoms with Gasteiger partial charge in [-0.1, -0.05) is 83.2 Å². The fourth-order valence-electron chi connectivity index (χ4n) is 7.39. The molecule has 1 fully saturated rings. The van der Waals surface area contributed by atoms with Gasteiger partial charge in [-0.25, -0.2) is 9.98 Å². The number of fused-ring (bicyclic) bond motifs is 5. The second kappa shape index (κ2) is 10.2. The van der Waals surface area contributed by atoms with Gasteiger partial charge >= 0.3 is 0 Å². The summed E-state index contributed by atoms with van der Waals surface area (Å²) >= 11 is 0. The van der Waals surface area contributed by atoms with E-state index < -0.39 is 0 Å². The third kappa shape index (κ3) is 4.66. The lowest BCUT2D eigenvalue weighted by atomic mass is 9.73. The summed E-state index contributed by atoms with van der Waals surface area (Å²) in [6.45, 7) is 11.3. The van der Waals surface area contributed by atoms with Crippen LogP contribution in [0.25, 0.3) is 0 Å². The number of aliphatic imine (C=N–C) groups is 1. The quantitative estimate of drug-likeness (QED) is 0.236. The van der Waals surface area contributed by atoms with Crippen LogP contribution in [0.5, 0.6) is 11.5 Å². The summed E-state index contributed by atoms with van der Waals surface area (Å²) in [7, 11) is 0. The fourth-order valence-corrected chi connectivity index (χ4v) is 7.39. The topological polar surface area (TPSA) is 59.8 Å². The van der Waals surface area contributed by atoms with E-state index in [2.05, 4.69) is 123 Å². The van der Waals surface area contributed by atoms with Crippen LogP contribution in [0.3, 0.4) is 0 Å². The van der Waals surface area contributed by atoms with Crippen LogP contribution in [0.1, 0.15) is 63.4 Å². The first-order chi connectivity index (χ1) is 21.7. The van der Waals surface area contributed by atoms with Crippen molar-refractivity contribution in [3.8, 4) is 11.5 Å². The molecule has 8 rings (SSSR count). The predicted octanol–water partition coefficient (Wildman–Crippen LogP) is 8.95. The molecule has 0 spiro atoms. The van der Waals surface area contributed by atoms with Crippen LogP contribution in [0, 0.1) is 11.8 Å². The monoisotopic (exact) mass is 594 g/mol. The van der Waals surface area contributed by atoms with Gasteiger partial charge in [-0.3, -0.25) is 9.88 Å². The number of anilines is 3. The molecule has 0 N–H and O–H groups in total. The highest BCUT2D eigenvalue weighted by Crippen LogP contribution is 2.52. The molecule has 0 bridgehead atoms. The van der Waals surface area contributed by atoms with Gasteiger partial charge in [0, 0.05) is 35.9 Å². The number of allylic oxidation sites excluding steroid dienone is 3. The lowest BCUT2D eigenvalue weighted by Crippen LogP contribution is -2.31. The number of pyridine rings is 2. The molecule has 2 unspecified atom stereocenters. The van der Waals surface area contributed by atoms with Crippen molar-refractivity contribution in [3.63, 3.8) is 0 Å². The first-order valence-electron chi connectivity index (χ1n) is 15.9. The molecule has 2 aliphatic heterocycles. The maximum atomic E-state index is 6.52. The highest BCUT2D eigenvalue weighted by Gasteiger charge is 2.47. The molecule has 6 heteroatoms. The number of ether oxygens (including phenoxy) is 2. The van der Waals surface area contributed by atoms with Crippen LogP contribution < -0.4 is 9.64 Å². The van der Waals surface area contributed by atoms with Crippen LogP contribution in [0.15, 0.2) is 108 Å². The van der Waals surface area contributed by atoms with Crippen molar-refractivity contribution in [2.45, 2.75) is 64.0 Å². The van der Waals surface area contributed by atoms with Crippen LogP contribution in [-0.4, -0.2) is 28.0 Å². The van der Waals surface area contributed by atoms with Crippen LogP contribution in [-0.2, 0) is 15.6 Å². The van der Waals surface area contributed by atoms with Crippen molar-refractivity contribution >= 4 is 23.1 Å². The van der Waals surface area contributed by atoms with E-state index in [1.54, 1.807) is 6.20 Å². The third-order valence-corrected chi connectivity index (χ3v) is 9.83. The van der Waals surface area contributed by atoms with E-state index in [4.69, 9.17) is 19.5 Å². The summed E-state index contributed by atoms with van der Waals surface area (Å²) < 4.78 is 12.9. The summed E-state index contributed by atoms with van der Waals surface area (Å²) in [5, 5.41) is 0. The van der Waals surface area contributed by atoms with Crippen LogP contribution >= 0.6 is 0 Å². The molecular weight excluding hydrogens is 556 g/mol. The van der Waals surface area contributed by atoms with Crippen molar-refractivity contribution < 1.29 is 9.47 Å². The molecule has 1 saturated carbocycles. The number of para-hydroxylation sites is 1. The van der Waals surface area contributed by atoms with Gasteiger partial charge in [-0.05, 0) is 64.8 Å². The van der Waals surface area contributed by atoms with Gasteiger partial charge in [-0.2, -0.15) is 0 Å². The van der Waals surface area contributed by atoms with Crippen LogP contribution in [0.2, 0.25) is 0 Å². The van der Waals surface area contributed by atoms with Crippen molar-refractivity contribution in [3.05, 3.63) is 126 Å². The Kier molecular flexibility index (Phi) is 6.28. The van der Waals surface area contributed by atoms with Gasteiger partial charge in [0.1, 0.15) is 29.1 Å². The van der Waals surface area contributed by atoms with E-state index in [-0.39, 0.29) is 23.0 Å². The van der Waals surface area contributed by atoms with Crippen molar-refractivity contribution in [2.75, 3.05) is 4.90 Å². The Bertz CT molecular complexity index is 1900. The smallest absolute Gasteiger partial charge is 0.236 e. The van der Waals surface area contributed by atoms with Crippen molar-refractivity contribution in [1.29, 1.82) is 0 Å². The maximum Gasteiger partial charge on any atom is 0.236 e. The number of hydrogen-bond donors (Lipinski definition) is 0. The second-order valence-electron chi connectivity index (χ2n) is 14.1. The lowest BCUT2D eigenvalue weighted by molar-refractivity contribution is 0.206. The number of benzene rings is 2. The molecule has 0 amide bonds. The first kappa shape index (κ1) is 27.8. The molecular formula is C39H38N4O2. The number of rotatable bonds is 4. The van der Waals surface area contributed by atoms with Crippen molar-refractivity contribution in [2.24, 2.45) is 16.8 Å². The summed E-state index contributed by atoms with van der Waals surface area (Å²) in [5.41, 5.74) is 6.40. The minimum atomic E-state index is -0.204. The minimum Gasteiger partial charge on any atom is -0.471 e. The molecule has 4 aromatic rings. The van der Waals surface area contributed by atoms with Gasteiger partial charge in [0.15, 0.2) is 0 Å². The lowest BCUT2D eigenvalue weighted by Gasteiger charge is -2.41. The Balaban J connectivity index is 1.14. The maximum absolute atomic E-state index is 6.52. The van der Waals surface area contributed by atoms with Crippen molar-refractivity contribution in [1.82, 2.24) is 9.97 Å². The summed E-state index contributed by atoms with van der Waals surface area (Å²) in [6.07, 6.45) is 13.6. The minimum absolute atomic E-state index is 0.00303. The number of nitrogens with zero attached hydrogens (tertiary/aromatic N) is 4. The van der Waals surface area contributed by atoms with E-state index in [0.717, 1.165) is 29.4 Å². The third-order valence-electron chi connectivity index (χ3n) is 9.83. The van der Waals surface area contributed by atoms with E-state index >= 15 is 0 Å². The van der Waals surface area contributed by atoms with E-state index in [1.807, 2.05) is 18.3 Å². The fraction of sp³-hybridized carbons (Fsp3) is 0.308. The van der Waals surface area contributed by atoms with E-state index in [1.165, 1.54) is 16.7 Å². The largest absolute Gasteiger partial charge is 0.471 e. The van der Waals surface area contributed by atoms with Gasteiger partial charge < -0.3 is 9.47 Å². The number of aromatic nitrogens is 2. The van der Waals surface area contributed by atoms with Gasteiger partial charge in [0.2, 0.25) is 5.90 Å². The summed E-state index contributed by atoms with van der Waals surface area (Å²) in [5.74, 6) is 3.83. The Labute approximate surface area is 265 Å². The average Bonchev–Trinajstić information content (AvgIpc) is 3.60. The Morgan fingerprint density at radius 2 is 1.62 bits per heavy atom. The number of hydrogen-bond acceptors (Lipinski definition) is 6. The first-order valence-corrected chi connectivity index (χ1v) is 15.9. The zero-order chi connectivity index (χ0) is 30.9. The standard InChI is InChI=1S/C39H38N4O2/c1-38(2,3)25-16-18-41-35(21-25)43-32-13-9-8-12-29(32)39(4,5)30-15-14-26(23-33(30)43)44-27-17-19-40-31(22-27)37-42-36-28-11-7-6-10-24(28)20-34(36)45-37/h6-19,21-24,28,34,36H,20H2,1-5H3/t24?,28?,34-,36+/m0/s1. The molecule has 2 aromatic carbocycles. The predicted molar refractivity (Wildman–Crippen MR) is 179 cm³/mol. The molecule has 45 heavy (non-hydrogen) atoms. The molecule has 4 atom stereocenters. The average molecular weight is 595 g/mol. The molecule has 0 radical (unpaired) electrons. The highest BCUT2D eigenvalue weighted by atomic mass is 16.5. The zero-order valence-electron chi connectivity index (χ0n) is 26.4. The molecule has 4 heterocycles. The molecule has 2 aromatic heterocycles. The Morgan fingerprint density at radius 3 is 2.49 bits per heavy atom. The van der Waals surface area contributed by atoms with E-state index in [0.29, 0.717) is 29.2 Å². The molecule has 226 valence electrons.